The van der Waals surface area contributed by atoms with Gasteiger partial charge < -0.3 is 4.52 Å². The van der Waals surface area contributed by atoms with Crippen LogP contribution in [0.2, 0.25) is 0 Å². The fourth-order valence-corrected chi connectivity index (χ4v) is 1.13. The van der Waals surface area contributed by atoms with E-state index >= 15 is 0 Å². The fourth-order valence-electron chi connectivity index (χ4n) is 0.377. The van der Waals surface area contributed by atoms with Crippen LogP contribution in [-0.2, 0) is 27.6 Å². The summed E-state index contributed by atoms with van der Waals surface area (Å²) in [5.74, 6) is 0. The van der Waals surface area contributed by atoms with Crippen molar-refractivity contribution in [3.8, 4) is 0 Å². The van der Waals surface area contributed by atoms with Crippen LogP contribution in [0.5, 0.6) is 0 Å². The van der Waals surface area contributed by atoms with Crippen molar-refractivity contribution in [2.24, 2.45) is 0 Å². The summed E-state index contributed by atoms with van der Waals surface area (Å²) in [6, 6.07) is 0. The van der Waals surface area contributed by atoms with Crippen molar-refractivity contribution in [3.63, 3.8) is 0 Å². The van der Waals surface area contributed by atoms with Crippen molar-refractivity contribution in [3.05, 3.63) is 0 Å². The number of hydrogen-bond donors (Lipinski definition) is 0. The molecular formula is C4H10FO2PV+5. The molecule has 9 heavy (non-hydrogen) atoms. The van der Waals surface area contributed by atoms with Crippen molar-refractivity contribution in [2.75, 3.05) is 6.66 Å². The van der Waals surface area contributed by atoms with Crippen LogP contribution >= 0.6 is 7.68 Å². The van der Waals surface area contributed by atoms with Gasteiger partial charge in [-0.15, -0.1) is 0 Å². The quantitative estimate of drug-likeness (QED) is 0.625. The minimum Gasteiger partial charge on any atom is -0.303 e. The van der Waals surface area contributed by atoms with E-state index < -0.39 is 7.68 Å². The molecule has 0 rings (SSSR count). The molecule has 1 atom stereocenters. The Morgan fingerprint density at radius 1 is 1.56 bits per heavy atom. The van der Waals surface area contributed by atoms with Gasteiger partial charge in [0.25, 0.3) is 0 Å². The molecule has 0 amide bonds. The Hall–Kier alpha value is 0.704. The Morgan fingerprint density at radius 3 is 1.89 bits per heavy atom. The first-order valence-corrected chi connectivity index (χ1v) is 4.33. The summed E-state index contributed by atoms with van der Waals surface area (Å²) in [5, 5.41) is 0. The van der Waals surface area contributed by atoms with E-state index in [2.05, 4.69) is 4.52 Å². The Balaban J connectivity index is 0. The summed E-state index contributed by atoms with van der Waals surface area (Å²) >= 11 is 0. The first kappa shape index (κ1) is 12.4. The third kappa shape index (κ3) is 12.0. The molecule has 0 bridgehead atoms. The van der Waals surface area contributed by atoms with Crippen LogP contribution in [0.4, 0.5) is 4.20 Å². The minimum atomic E-state index is -3.72. The van der Waals surface area contributed by atoms with Gasteiger partial charge in [-0.05, 0) is 13.8 Å². The molecule has 0 fully saturated rings. The molecule has 0 radical (unpaired) electrons. The molecule has 0 N–H and O–H groups in total. The molecule has 0 aromatic rings. The van der Waals surface area contributed by atoms with E-state index in [-0.39, 0.29) is 24.7 Å². The van der Waals surface area contributed by atoms with Gasteiger partial charge in [0, 0.05) is 6.66 Å². The molecule has 0 saturated heterocycles. The molecule has 0 aromatic heterocycles. The Kier molecular flexibility index (Phi) is 6.21. The molecule has 0 aliphatic rings. The molecule has 1 unspecified atom stereocenters. The predicted molar refractivity (Wildman–Crippen MR) is 30.9 cm³/mol. The summed E-state index contributed by atoms with van der Waals surface area (Å²) < 4.78 is 26.4. The van der Waals surface area contributed by atoms with Gasteiger partial charge in [-0.25, -0.2) is 0 Å². The summed E-state index contributed by atoms with van der Waals surface area (Å²) in [7, 11) is -3.72. The second-order valence-corrected chi connectivity index (χ2v) is 3.61. The minimum absolute atomic E-state index is 0. The van der Waals surface area contributed by atoms with Gasteiger partial charge in [0.05, 0.1) is 6.10 Å². The van der Waals surface area contributed by atoms with E-state index in [9.17, 15) is 8.76 Å². The maximum absolute atomic E-state index is 12.0. The largest absolute Gasteiger partial charge is 5.00 e. The fraction of sp³-hybridized carbons (Fsp3) is 1.00. The van der Waals surface area contributed by atoms with E-state index in [1.165, 1.54) is 0 Å². The van der Waals surface area contributed by atoms with E-state index in [1.54, 1.807) is 13.8 Å². The monoisotopic (exact) mass is 191 g/mol. The second kappa shape index (κ2) is 4.51. The third-order valence-corrected chi connectivity index (χ3v) is 1.20. The van der Waals surface area contributed by atoms with E-state index in [1.807, 2.05) is 0 Å². The normalized spacial score (nSPS) is 16.6. The van der Waals surface area contributed by atoms with Gasteiger partial charge in [0.1, 0.15) is 0 Å². The zero-order valence-electron chi connectivity index (χ0n) is 5.67. The average molecular weight is 191 g/mol. The Morgan fingerprint density at radius 2 is 1.89 bits per heavy atom. The predicted octanol–water partition coefficient (Wildman–Crippen LogP) is 2.20. The zero-order chi connectivity index (χ0) is 6.78. The molecule has 0 aromatic carbocycles. The first-order chi connectivity index (χ1) is 3.42. The molecule has 0 heterocycles. The van der Waals surface area contributed by atoms with E-state index in [4.69, 9.17) is 0 Å². The zero-order valence-corrected chi connectivity index (χ0v) is 7.96. The molecule has 2 nitrogen and oxygen atoms in total. The van der Waals surface area contributed by atoms with Crippen molar-refractivity contribution in [2.45, 2.75) is 20.0 Å². The van der Waals surface area contributed by atoms with Gasteiger partial charge >= 0.3 is 26.2 Å². The van der Waals surface area contributed by atoms with Crippen molar-refractivity contribution in [1.29, 1.82) is 0 Å². The smallest absolute Gasteiger partial charge is 0.303 e. The summed E-state index contributed by atoms with van der Waals surface area (Å²) in [5.41, 5.74) is 0. The summed E-state index contributed by atoms with van der Waals surface area (Å²) in [6.07, 6.45) is -0.296. The molecule has 50 valence electrons. The first-order valence-electron chi connectivity index (χ1n) is 2.37. The SMILES string of the molecule is CC(C)OP(C)(=O)F.[V+5]. The molecular weight excluding hydrogens is 181 g/mol. The van der Waals surface area contributed by atoms with Crippen LogP contribution in [0.15, 0.2) is 0 Å². The molecule has 0 spiro atoms. The van der Waals surface area contributed by atoms with E-state index in [0.717, 1.165) is 6.66 Å². The Labute approximate surface area is 66.6 Å². The summed E-state index contributed by atoms with van der Waals surface area (Å²) in [6.45, 7) is 4.22. The second-order valence-electron chi connectivity index (χ2n) is 1.90. The van der Waals surface area contributed by atoms with Gasteiger partial charge in [-0.2, -0.15) is 4.20 Å². The van der Waals surface area contributed by atoms with Crippen molar-refractivity contribution >= 4 is 7.68 Å². The number of hydrogen-bond acceptors (Lipinski definition) is 2. The van der Waals surface area contributed by atoms with Crippen molar-refractivity contribution < 1.29 is 31.8 Å². The third-order valence-electron chi connectivity index (χ3n) is 0.399. The van der Waals surface area contributed by atoms with Gasteiger partial charge in [0.2, 0.25) is 0 Å². The molecule has 0 aliphatic carbocycles. The maximum atomic E-state index is 12.0. The van der Waals surface area contributed by atoms with Crippen molar-refractivity contribution in [1.82, 2.24) is 0 Å². The number of halogens is 1. The number of rotatable bonds is 2. The van der Waals surface area contributed by atoms with Crippen LogP contribution in [0.1, 0.15) is 13.8 Å². The standard InChI is InChI=1S/C4H10FO2P.V/c1-4(2)7-8(3,5)6;/h4H,1-3H3;/q;+5. The van der Waals surface area contributed by atoms with Gasteiger partial charge in [0.15, 0.2) is 0 Å². The van der Waals surface area contributed by atoms with Crippen LogP contribution in [0.25, 0.3) is 0 Å². The Bertz CT molecular complexity index is 111. The summed E-state index contributed by atoms with van der Waals surface area (Å²) in [4.78, 5) is 0. The van der Waals surface area contributed by atoms with E-state index in [0.29, 0.717) is 0 Å². The van der Waals surface area contributed by atoms with Crippen LogP contribution < -0.4 is 0 Å². The van der Waals surface area contributed by atoms with Gasteiger partial charge in [-0.1, -0.05) is 0 Å². The van der Waals surface area contributed by atoms with Crippen LogP contribution in [0.3, 0.4) is 0 Å². The van der Waals surface area contributed by atoms with Crippen LogP contribution in [-0.4, -0.2) is 12.8 Å². The van der Waals surface area contributed by atoms with Crippen LogP contribution in [0, 0.1) is 0 Å². The molecule has 0 aliphatic heterocycles. The average Bonchev–Trinajstić information content (AvgIpc) is 1.21. The topological polar surface area (TPSA) is 26.3 Å². The molecule has 5 heteroatoms. The van der Waals surface area contributed by atoms with Gasteiger partial charge in [-0.3, -0.25) is 4.57 Å². The maximum Gasteiger partial charge on any atom is 5.00 e. The molecule has 0 saturated carbocycles.